The number of aryl methyl sites for hydroxylation is 1. The van der Waals surface area contributed by atoms with Crippen molar-refractivity contribution in [2.75, 3.05) is 0 Å². The minimum atomic E-state index is -0.930. The van der Waals surface area contributed by atoms with Gasteiger partial charge in [0.15, 0.2) is 0 Å². The summed E-state index contributed by atoms with van der Waals surface area (Å²) in [5, 5.41) is 9.57. The molecule has 0 radical (unpaired) electrons. The molecule has 4 heteroatoms. The lowest BCUT2D eigenvalue weighted by atomic mass is 9.80. The number of hydrogen-bond donors (Lipinski definition) is 1. The average molecular weight is 334 g/mol. The summed E-state index contributed by atoms with van der Waals surface area (Å²) in [6.45, 7) is 9.09. The normalized spacial score (nSPS) is 14.2. The fraction of sp³-hybridized carbons (Fsp3) is 0.600. The van der Waals surface area contributed by atoms with Gasteiger partial charge in [-0.3, -0.25) is 9.59 Å². The second-order valence-electron chi connectivity index (χ2n) is 7.63. The summed E-state index contributed by atoms with van der Waals surface area (Å²) in [5.74, 6) is -2.81. The molecular weight excluding hydrogens is 304 g/mol. The van der Waals surface area contributed by atoms with Crippen molar-refractivity contribution in [1.29, 1.82) is 0 Å². The molecule has 0 amide bonds. The molecule has 0 aliphatic carbocycles. The van der Waals surface area contributed by atoms with Gasteiger partial charge in [-0.2, -0.15) is 0 Å². The molecule has 0 aliphatic heterocycles. The lowest BCUT2D eigenvalue weighted by Gasteiger charge is -2.29. The highest BCUT2D eigenvalue weighted by atomic mass is 16.6. The zero-order chi connectivity index (χ0) is 18.3. The minimum absolute atomic E-state index is 0.128. The fourth-order valence-electron chi connectivity index (χ4n) is 2.91. The van der Waals surface area contributed by atoms with Crippen molar-refractivity contribution in [2.45, 2.75) is 59.5 Å². The summed E-state index contributed by atoms with van der Waals surface area (Å²) >= 11 is 0. The van der Waals surface area contributed by atoms with Gasteiger partial charge in [-0.1, -0.05) is 44.2 Å². The van der Waals surface area contributed by atoms with Gasteiger partial charge in [-0.05, 0) is 51.5 Å². The largest absolute Gasteiger partial charge is 0.481 e. The van der Waals surface area contributed by atoms with E-state index in [1.807, 2.05) is 44.2 Å². The van der Waals surface area contributed by atoms with Crippen molar-refractivity contribution in [3.05, 3.63) is 35.9 Å². The summed E-state index contributed by atoms with van der Waals surface area (Å²) in [6, 6.07) is 10.0. The third-order valence-electron chi connectivity index (χ3n) is 3.97. The Labute approximate surface area is 145 Å². The van der Waals surface area contributed by atoms with Crippen molar-refractivity contribution >= 4 is 11.9 Å². The van der Waals surface area contributed by atoms with Crippen LogP contribution in [0.25, 0.3) is 0 Å². The first kappa shape index (κ1) is 20.2. The Bertz CT molecular complexity index is 528. The van der Waals surface area contributed by atoms with Crippen LogP contribution < -0.4 is 0 Å². The highest BCUT2D eigenvalue weighted by Gasteiger charge is 2.38. The summed E-state index contributed by atoms with van der Waals surface area (Å²) < 4.78 is 5.48. The van der Waals surface area contributed by atoms with Crippen molar-refractivity contribution < 1.29 is 19.4 Å². The maximum Gasteiger partial charge on any atom is 0.310 e. The van der Waals surface area contributed by atoms with Crippen LogP contribution in [-0.2, 0) is 20.7 Å². The van der Waals surface area contributed by atoms with E-state index in [4.69, 9.17) is 4.74 Å². The predicted octanol–water partition coefficient (Wildman–Crippen LogP) is 4.32. The Morgan fingerprint density at radius 1 is 1.12 bits per heavy atom. The van der Waals surface area contributed by atoms with Crippen LogP contribution in [0.2, 0.25) is 0 Å². The van der Waals surface area contributed by atoms with Crippen LogP contribution in [0.3, 0.4) is 0 Å². The zero-order valence-corrected chi connectivity index (χ0v) is 15.4. The van der Waals surface area contributed by atoms with E-state index in [1.54, 1.807) is 20.8 Å². The van der Waals surface area contributed by atoms with Gasteiger partial charge in [0.05, 0.1) is 11.8 Å². The van der Waals surface area contributed by atoms with E-state index in [-0.39, 0.29) is 5.92 Å². The maximum absolute atomic E-state index is 12.6. The summed E-state index contributed by atoms with van der Waals surface area (Å²) in [5.41, 5.74) is 0.575. The van der Waals surface area contributed by atoms with Crippen LogP contribution in [-0.4, -0.2) is 22.6 Å². The second-order valence-corrected chi connectivity index (χ2v) is 7.63. The number of ether oxygens (including phenoxy) is 1. The van der Waals surface area contributed by atoms with Crippen molar-refractivity contribution in [1.82, 2.24) is 0 Å². The van der Waals surface area contributed by atoms with Crippen LogP contribution in [0.1, 0.15) is 53.0 Å². The third kappa shape index (κ3) is 6.73. The van der Waals surface area contributed by atoms with Crippen molar-refractivity contribution in [3.63, 3.8) is 0 Å². The van der Waals surface area contributed by atoms with Crippen LogP contribution >= 0.6 is 0 Å². The van der Waals surface area contributed by atoms with Crippen molar-refractivity contribution in [3.8, 4) is 0 Å². The molecule has 0 saturated heterocycles. The van der Waals surface area contributed by atoms with Crippen LogP contribution in [0.4, 0.5) is 0 Å². The van der Waals surface area contributed by atoms with Crippen molar-refractivity contribution in [2.24, 2.45) is 17.8 Å². The zero-order valence-electron chi connectivity index (χ0n) is 15.4. The smallest absolute Gasteiger partial charge is 0.310 e. The lowest BCUT2D eigenvalue weighted by molar-refractivity contribution is -0.168. The van der Waals surface area contributed by atoms with Crippen LogP contribution in [0.5, 0.6) is 0 Å². The molecule has 4 nitrogen and oxygen atoms in total. The number of esters is 1. The lowest BCUT2D eigenvalue weighted by Crippen LogP contribution is -2.38. The molecule has 0 aromatic heterocycles. The molecule has 0 spiro atoms. The summed E-state index contributed by atoms with van der Waals surface area (Å²) in [4.78, 5) is 24.2. The van der Waals surface area contributed by atoms with Gasteiger partial charge in [-0.15, -0.1) is 0 Å². The molecule has 1 rings (SSSR count). The highest BCUT2D eigenvalue weighted by molar-refractivity contribution is 5.81. The fourth-order valence-corrected chi connectivity index (χ4v) is 2.91. The number of hydrogen-bond acceptors (Lipinski definition) is 3. The van der Waals surface area contributed by atoms with E-state index in [9.17, 15) is 14.7 Å². The van der Waals surface area contributed by atoms with E-state index in [0.717, 1.165) is 12.8 Å². The van der Waals surface area contributed by atoms with Gasteiger partial charge in [0.2, 0.25) is 0 Å². The van der Waals surface area contributed by atoms with Crippen LogP contribution in [0, 0.1) is 17.8 Å². The Hall–Kier alpha value is -1.84. The van der Waals surface area contributed by atoms with E-state index in [1.165, 1.54) is 5.56 Å². The number of aliphatic carboxylic acids is 1. The Morgan fingerprint density at radius 3 is 2.17 bits per heavy atom. The number of carbonyl (C=O) groups excluding carboxylic acids is 1. The van der Waals surface area contributed by atoms with Crippen LogP contribution in [0.15, 0.2) is 30.3 Å². The standard InChI is InChI=1S/C20H30O4/c1-14(2)17(18(21)22)16(19(23)24-20(3,4)5)13-9-12-15-10-7-6-8-11-15/h6-8,10-11,14,16-17H,9,12-13H2,1-5H3,(H,21,22)/t16-,17?/m1/s1. The highest BCUT2D eigenvalue weighted by Crippen LogP contribution is 2.29. The van der Waals surface area contributed by atoms with E-state index >= 15 is 0 Å². The average Bonchev–Trinajstić information content (AvgIpc) is 2.44. The van der Waals surface area contributed by atoms with Gasteiger partial charge in [-0.25, -0.2) is 0 Å². The Balaban J connectivity index is 2.83. The quantitative estimate of drug-likeness (QED) is 0.719. The van der Waals surface area contributed by atoms with Gasteiger partial charge in [0.1, 0.15) is 5.60 Å². The molecule has 1 unspecified atom stereocenters. The molecular formula is C20H30O4. The first-order valence-corrected chi connectivity index (χ1v) is 8.61. The second kappa shape index (κ2) is 8.86. The molecule has 1 aromatic carbocycles. The third-order valence-corrected chi connectivity index (χ3v) is 3.97. The van der Waals surface area contributed by atoms with Gasteiger partial charge in [0.25, 0.3) is 0 Å². The SMILES string of the molecule is CC(C)C(C(=O)O)[C@@H](CCCc1ccccc1)C(=O)OC(C)(C)C. The minimum Gasteiger partial charge on any atom is -0.481 e. The molecule has 1 aromatic rings. The summed E-state index contributed by atoms with van der Waals surface area (Å²) in [6.07, 6.45) is 2.09. The molecule has 134 valence electrons. The summed E-state index contributed by atoms with van der Waals surface area (Å²) in [7, 11) is 0. The molecule has 1 N–H and O–H groups in total. The van der Waals surface area contributed by atoms with Gasteiger partial charge >= 0.3 is 11.9 Å². The van der Waals surface area contributed by atoms with E-state index in [0.29, 0.717) is 6.42 Å². The number of benzene rings is 1. The molecule has 0 heterocycles. The topological polar surface area (TPSA) is 63.6 Å². The maximum atomic E-state index is 12.6. The molecule has 24 heavy (non-hydrogen) atoms. The first-order chi connectivity index (χ1) is 11.1. The molecule has 0 saturated carbocycles. The number of carbonyl (C=O) groups is 2. The van der Waals surface area contributed by atoms with Gasteiger partial charge in [0, 0.05) is 0 Å². The number of carboxylic acids is 1. The van der Waals surface area contributed by atoms with E-state index < -0.39 is 29.4 Å². The first-order valence-electron chi connectivity index (χ1n) is 8.61. The number of rotatable bonds is 8. The predicted molar refractivity (Wildman–Crippen MR) is 94.7 cm³/mol. The van der Waals surface area contributed by atoms with E-state index in [2.05, 4.69) is 0 Å². The Morgan fingerprint density at radius 2 is 1.71 bits per heavy atom. The van der Waals surface area contributed by atoms with Gasteiger partial charge < -0.3 is 9.84 Å². The monoisotopic (exact) mass is 334 g/mol. The molecule has 2 atom stereocenters. The Kier molecular flexibility index (Phi) is 7.46. The molecule has 0 bridgehead atoms. The molecule has 0 fully saturated rings. The molecule has 0 aliphatic rings. The number of carboxylic acid groups (broad SMARTS) is 1.